The summed E-state index contributed by atoms with van der Waals surface area (Å²) in [5.74, 6) is 1.97. The highest BCUT2D eigenvalue weighted by Crippen LogP contribution is 2.38. The van der Waals surface area contributed by atoms with Gasteiger partial charge < -0.3 is 10.6 Å². The van der Waals surface area contributed by atoms with Gasteiger partial charge in [-0.1, -0.05) is 24.3 Å². The summed E-state index contributed by atoms with van der Waals surface area (Å²) in [6.45, 7) is 0. The zero-order chi connectivity index (χ0) is 19.1. The minimum Gasteiger partial charge on any atom is -0.326 e. The third kappa shape index (κ3) is 3.38. The number of carbonyl (C=O) groups is 2. The Labute approximate surface area is 161 Å². The number of fused-ring (bicyclic) bond motifs is 1. The van der Waals surface area contributed by atoms with E-state index in [4.69, 9.17) is 0 Å². The van der Waals surface area contributed by atoms with E-state index in [1.54, 1.807) is 0 Å². The van der Waals surface area contributed by atoms with Crippen LogP contribution in [0.1, 0.15) is 35.7 Å². The second-order valence-electron chi connectivity index (χ2n) is 7.34. The van der Waals surface area contributed by atoms with Gasteiger partial charge in [0, 0.05) is 22.9 Å². The van der Waals surface area contributed by atoms with Gasteiger partial charge >= 0.3 is 0 Å². The first-order chi connectivity index (χ1) is 13.6. The highest BCUT2D eigenvalue weighted by atomic mass is 16.2. The van der Waals surface area contributed by atoms with Gasteiger partial charge in [0.2, 0.25) is 11.8 Å². The van der Waals surface area contributed by atoms with Crippen molar-refractivity contribution in [2.45, 2.75) is 31.6 Å². The first kappa shape index (κ1) is 16.7. The maximum atomic E-state index is 12.5. The van der Waals surface area contributed by atoms with Gasteiger partial charge in [-0.3, -0.25) is 14.7 Å². The number of rotatable bonds is 5. The number of hydrogen-bond donors (Lipinski definition) is 3. The van der Waals surface area contributed by atoms with Gasteiger partial charge in [0.1, 0.15) is 5.82 Å². The summed E-state index contributed by atoms with van der Waals surface area (Å²) in [6.07, 6.45) is 2.96. The van der Waals surface area contributed by atoms with Crippen molar-refractivity contribution in [1.82, 2.24) is 15.2 Å². The molecule has 0 saturated heterocycles. The highest BCUT2D eigenvalue weighted by molar-refractivity contribution is 5.99. The Morgan fingerprint density at radius 1 is 1.18 bits per heavy atom. The molecule has 1 aliphatic heterocycles. The van der Waals surface area contributed by atoms with Crippen LogP contribution in [0.3, 0.4) is 0 Å². The SMILES string of the molecule is O=C(Cc1ccc2c(c1)NC(=O)C2)Nc1cccc(-c2n[nH]c(C3CC3)n2)c1. The van der Waals surface area contributed by atoms with Crippen LogP contribution in [0.2, 0.25) is 0 Å². The molecule has 5 rings (SSSR count). The van der Waals surface area contributed by atoms with E-state index >= 15 is 0 Å². The monoisotopic (exact) mass is 373 g/mol. The van der Waals surface area contributed by atoms with Crippen LogP contribution >= 0.6 is 0 Å². The minimum atomic E-state index is -0.116. The number of nitrogens with one attached hydrogen (secondary N) is 3. The van der Waals surface area contributed by atoms with Gasteiger partial charge in [-0.05, 0) is 42.2 Å². The molecule has 7 nitrogen and oxygen atoms in total. The molecule has 2 heterocycles. The summed E-state index contributed by atoms with van der Waals surface area (Å²) in [5, 5.41) is 13.0. The van der Waals surface area contributed by atoms with Crippen molar-refractivity contribution in [3.05, 3.63) is 59.4 Å². The molecule has 140 valence electrons. The molecular weight excluding hydrogens is 354 g/mol. The first-order valence-electron chi connectivity index (χ1n) is 9.38. The fourth-order valence-corrected chi connectivity index (χ4v) is 3.44. The zero-order valence-corrected chi connectivity index (χ0v) is 15.2. The predicted molar refractivity (Wildman–Crippen MR) is 105 cm³/mol. The predicted octanol–water partition coefficient (Wildman–Crippen LogP) is 3.02. The van der Waals surface area contributed by atoms with Crippen molar-refractivity contribution < 1.29 is 9.59 Å². The highest BCUT2D eigenvalue weighted by Gasteiger charge is 2.27. The van der Waals surface area contributed by atoms with Gasteiger partial charge in [0.25, 0.3) is 0 Å². The molecule has 28 heavy (non-hydrogen) atoms. The second kappa shape index (κ2) is 6.60. The lowest BCUT2D eigenvalue weighted by atomic mass is 10.1. The molecule has 3 N–H and O–H groups in total. The van der Waals surface area contributed by atoms with Gasteiger partial charge in [-0.15, -0.1) is 0 Å². The summed E-state index contributed by atoms with van der Waals surface area (Å²) in [7, 11) is 0. The first-order valence-corrected chi connectivity index (χ1v) is 9.38. The summed E-state index contributed by atoms with van der Waals surface area (Å²) < 4.78 is 0. The molecule has 1 aliphatic carbocycles. The zero-order valence-electron chi connectivity index (χ0n) is 15.2. The number of carbonyl (C=O) groups excluding carboxylic acids is 2. The van der Waals surface area contributed by atoms with Gasteiger partial charge in [-0.25, -0.2) is 4.98 Å². The quantitative estimate of drug-likeness (QED) is 0.640. The van der Waals surface area contributed by atoms with E-state index < -0.39 is 0 Å². The van der Waals surface area contributed by atoms with E-state index in [0.29, 0.717) is 23.9 Å². The molecule has 1 saturated carbocycles. The number of aromatic amines is 1. The Bertz CT molecular complexity index is 1080. The van der Waals surface area contributed by atoms with Crippen molar-refractivity contribution in [2.24, 2.45) is 0 Å². The van der Waals surface area contributed by atoms with Gasteiger partial charge in [0.05, 0.1) is 12.8 Å². The molecule has 2 amide bonds. The molecular formula is C21H19N5O2. The van der Waals surface area contributed by atoms with E-state index in [1.807, 2.05) is 42.5 Å². The molecule has 0 unspecified atom stereocenters. The van der Waals surface area contributed by atoms with Crippen LogP contribution in [-0.2, 0) is 22.4 Å². The number of hydrogen-bond acceptors (Lipinski definition) is 4. The molecule has 1 aromatic heterocycles. The van der Waals surface area contributed by atoms with Crippen molar-refractivity contribution in [2.75, 3.05) is 10.6 Å². The largest absolute Gasteiger partial charge is 0.326 e. The Morgan fingerprint density at radius 3 is 2.93 bits per heavy atom. The van der Waals surface area contributed by atoms with Crippen LogP contribution in [0, 0.1) is 0 Å². The molecule has 7 heteroatoms. The number of anilines is 2. The maximum Gasteiger partial charge on any atom is 0.228 e. The summed E-state index contributed by atoms with van der Waals surface area (Å²) >= 11 is 0. The lowest BCUT2D eigenvalue weighted by Crippen LogP contribution is -2.14. The topological polar surface area (TPSA) is 99.8 Å². The number of H-pyrrole nitrogens is 1. The minimum absolute atomic E-state index is 0.00904. The average molecular weight is 373 g/mol. The van der Waals surface area contributed by atoms with Gasteiger partial charge in [-0.2, -0.15) is 5.10 Å². The molecule has 0 atom stereocenters. The van der Waals surface area contributed by atoms with E-state index in [2.05, 4.69) is 25.8 Å². The van der Waals surface area contributed by atoms with Crippen molar-refractivity contribution in [1.29, 1.82) is 0 Å². The lowest BCUT2D eigenvalue weighted by molar-refractivity contribution is -0.116. The second-order valence-corrected chi connectivity index (χ2v) is 7.34. The van der Waals surface area contributed by atoms with E-state index in [9.17, 15) is 9.59 Å². The van der Waals surface area contributed by atoms with E-state index in [-0.39, 0.29) is 18.2 Å². The molecule has 1 fully saturated rings. The summed E-state index contributed by atoms with van der Waals surface area (Å²) in [5.41, 5.74) is 4.20. The maximum absolute atomic E-state index is 12.5. The molecule has 0 radical (unpaired) electrons. The van der Waals surface area contributed by atoms with Crippen LogP contribution in [0.4, 0.5) is 11.4 Å². The Balaban J connectivity index is 1.27. The number of aromatic nitrogens is 3. The van der Waals surface area contributed by atoms with Crippen LogP contribution in [0.15, 0.2) is 42.5 Å². The third-order valence-corrected chi connectivity index (χ3v) is 5.04. The summed E-state index contributed by atoms with van der Waals surface area (Å²) in [4.78, 5) is 28.5. The fraction of sp³-hybridized carbons (Fsp3) is 0.238. The molecule has 3 aromatic rings. The number of nitrogens with zero attached hydrogens (tertiary/aromatic N) is 2. The molecule has 0 bridgehead atoms. The summed E-state index contributed by atoms with van der Waals surface area (Å²) in [6, 6.07) is 13.2. The van der Waals surface area contributed by atoms with Crippen LogP contribution in [0.5, 0.6) is 0 Å². The van der Waals surface area contributed by atoms with Crippen molar-refractivity contribution in [3.63, 3.8) is 0 Å². The fourth-order valence-electron chi connectivity index (χ4n) is 3.44. The Morgan fingerprint density at radius 2 is 2.07 bits per heavy atom. The normalized spacial score (nSPS) is 15.2. The van der Waals surface area contributed by atoms with Crippen LogP contribution < -0.4 is 10.6 Å². The molecule has 0 spiro atoms. The smallest absolute Gasteiger partial charge is 0.228 e. The van der Waals surface area contributed by atoms with Crippen molar-refractivity contribution >= 4 is 23.2 Å². The van der Waals surface area contributed by atoms with Crippen LogP contribution in [0.25, 0.3) is 11.4 Å². The third-order valence-electron chi connectivity index (χ3n) is 5.04. The van der Waals surface area contributed by atoms with Crippen LogP contribution in [-0.4, -0.2) is 27.0 Å². The standard InChI is InChI=1S/C21H19N5O2/c27-18(9-12-4-5-14-11-19(28)23-17(14)8-12)22-16-3-1-2-15(10-16)21-24-20(25-26-21)13-6-7-13/h1-5,8,10,13H,6-7,9,11H2,(H,22,27)(H,23,28)(H,24,25,26). The molecule has 2 aliphatic rings. The number of benzene rings is 2. The van der Waals surface area contributed by atoms with E-state index in [0.717, 1.165) is 41.0 Å². The Hall–Kier alpha value is -3.48. The Kier molecular flexibility index (Phi) is 3.93. The van der Waals surface area contributed by atoms with Crippen molar-refractivity contribution in [3.8, 4) is 11.4 Å². The van der Waals surface area contributed by atoms with Gasteiger partial charge in [0.15, 0.2) is 5.82 Å². The van der Waals surface area contributed by atoms with E-state index in [1.165, 1.54) is 0 Å². The molecule has 2 aromatic carbocycles. The number of amides is 2. The lowest BCUT2D eigenvalue weighted by Gasteiger charge is -2.08. The average Bonchev–Trinajstić information content (AvgIpc) is 3.28.